The molecular weight excluding hydrogens is 188 g/mol. The summed E-state index contributed by atoms with van der Waals surface area (Å²) in [7, 11) is 0. The summed E-state index contributed by atoms with van der Waals surface area (Å²) in [5.41, 5.74) is 7.01. The molecule has 0 aromatic heterocycles. The number of nitrogens with two attached hydrogens (primary N) is 1. The second kappa shape index (κ2) is 3.74. The maximum absolute atomic E-state index is 9.99. The Balaban J connectivity index is 2.13. The van der Waals surface area contributed by atoms with Crippen molar-refractivity contribution in [3.8, 4) is 0 Å². The molecule has 1 saturated heterocycles. The highest BCUT2D eigenvalue weighted by Gasteiger charge is 2.28. The highest BCUT2D eigenvalue weighted by molar-refractivity contribution is 5.53. The molecule has 0 bridgehead atoms. The van der Waals surface area contributed by atoms with Crippen LogP contribution in [0.4, 0.5) is 11.4 Å². The van der Waals surface area contributed by atoms with E-state index >= 15 is 0 Å². The van der Waals surface area contributed by atoms with Crippen molar-refractivity contribution in [3.63, 3.8) is 0 Å². The maximum Gasteiger partial charge on any atom is 0.0794 e. The third kappa shape index (κ3) is 2.42. The molecule has 82 valence electrons. The summed E-state index contributed by atoms with van der Waals surface area (Å²) < 4.78 is 0. The summed E-state index contributed by atoms with van der Waals surface area (Å²) in [5, 5.41) is 9.99. The van der Waals surface area contributed by atoms with Crippen LogP contribution in [0.15, 0.2) is 24.3 Å². The highest BCUT2D eigenvalue weighted by atomic mass is 16.3. The van der Waals surface area contributed by atoms with Crippen LogP contribution in [0.25, 0.3) is 0 Å². The van der Waals surface area contributed by atoms with Gasteiger partial charge in [-0.25, -0.2) is 0 Å². The van der Waals surface area contributed by atoms with Crippen LogP contribution in [0, 0.1) is 0 Å². The highest BCUT2D eigenvalue weighted by Crippen LogP contribution is 2.25. The van der Waals surface area contributed by atoms with Crippen LogP contribution < -0.4 is 10.6 Å². The van der Waals surface area contributed by atoms with Gasteiger partial charge in [0, 0.05) is 24.5 Å². The van der Waals surface area contributed by atoms with Crippen molar-refractivity contribution in [1.29, 1.82) is 0 Å². The number of hydrogen-bond donors (Lipinski definition) is 2. The van der Waals surface area contributed by atoms with Crippen LogP contribution in [0.5, 0.6) is 0 Å². The van der Waals surface area contributed by atoms with Crippen molar-refractivity contribution in [2.24, 2.45) is 0 Å². The molecule has 0 saturated carbocycles. The molecule has 1 aromatic carbocycles. The summed E-state index contributed by atoms with van der Waals surface area (Å²) in [6.07, 6.45) is 1.93. The van der Waals surface area contributed by atoms with Crippen molar-refractivity contribution in [3.05, 3.63) is 24.3 Å². The van der Waals surface area contributed by atoms with E-state index < -0.39 is 5.60 Å². The van der Waals surface area contributed by atoms with Gasteiger partial charge in [-0.2, -0.15) is 0 Å². The minimum absolute atomic E-state index is 0.556. The number of rotatable bonds is 1. The lowest BCUT2D eigenvalue weighted by Gasteiger charge is -2.38. The number of nitrogens with zero attached hydrogens (tertiary/aromatic N) is 1. The minimum Gasteiger partial charge on any atom is -0.399 e. The average Bonchev–Trinajstić information content (AvgIpc) is 2.17. The topological polar surface area (TPSA) is 49.5 Å². The van der Waals surface area contributed by atoms with Crippen LogP contribution >= 0.6 is 0 Å². The van der Waals surface area contributed by atoms with Gasteiger partial charge < -0.3 is 15.7 Å². The smallest absolute Gasteiger partial charge is 0.0794 e. The Labute approximate surface area is 90.5 Å². The quantitative estimate of drug-likeness (QED) is 0.686. The van der Waals surface area contributed by atoms with Gasteiger partial charge in [-0.1, -0.05) is 0 Å². The molecule has 0 aliphatic carbocycles. The number of nitrogen functional groups attached to an aromatic ring is 1. The first kappa shape index (κ1) is 10.3. The summed E-state index contributed by atoms with van der Waals surface area (Å²) in [5.74, 6) is 0. The monoisotopic (exact) mass is 206 g/mol. The van der Waals surface area contributed by atoms with Gasteiger partial charge in [-0.3, -0.25) is 0 Å². The Kier molecular flexibility index (Phi) is 2.57. The molecule has 1 aliphatic heterocycles. The molecule has 0 amide bonds. The Morgan fingerprint density at radius 1 is 1.33 bits per heavy atom. The molecular formula is C12H18N2O. The minimum atomic E-state index is -0.556. The van der Waals surface area contributed by atoms with Gasteiger partial charge >= 0.3 is 0 Å². The lowest BCUT2D eigenvalue weighted by Crippen LogP contribution is -2.46. The molecule has 1 aliphatic rings. The van der Waals surface area contributed by atoms with Gasteiger partial charge in [0.2, 0.25) is 0 Å². The average molecular weight is 206 g/mol. The molecule has 1 aromatic rings. The van der Waals surface area contributed by atoms with Crippen LogP contribution in [-0.4, -0.2) is 23.8 Å². The van der Waals surface area contributed by atoms with E-state index in [2.05, 4.69) is 4.90 Å². The van der Waals surface area contributed by atoms with E-state index in [0.29, 0.717) is 6.54 Å². The standard InChI is InChI=1S/C12H18N2O/c1-12(15)7-2-8-14(9-12)11-5-3-10(13)4-6-11/h3-6,15H,2,7-9,13H2,1H3/t12-/m1/s1. The van der Waals surface area contributed by atoms with Gasteiger partial charge in [0.25, 0.3) is 0 Å². The van der Waals surface area contributed by atoms with E-state index in [1.807, 2.05) is 31.2 Å². The van der Waals surface area contributed by atoms with E-state index in [4.69, 9.17) is 5.73 Å². The van der Waals surface area contributed by atoms with Crippen molar-refractivity contribution < 1.29 is 5.11 Å². The fourth-order valence-corrected chi connectivity index (χ4v) is 2.13. The van der Waals surface area contributed by atoms with E-state index in [9.17, 15) is 5.11 Å². The van der Waals surface area contributed by atoms with Crippen molar-refractivity contribution in [2.45, 2.75) is 25.4 Å². The lowest BCUT2D eigenvalue weighted by molar-refractivity contribution is 0.0449. The summed E-state index contributed by atoms with van der Waals surface area (Å²) >= 11 is 0. The predicted molar refractivity (Wildman–Crippen MR) is 62.9 cm³/mol. The Hall–Kier alpha value is -1.22. The van der Waals surface area contributed by atoms with Crippen LogP contribution in [0.1, 0.15) is 19.8 Å². The van der Waals surface area contributed by atoms with E-state index in [1.54, 1.807) is 0 Å². The Morgan fingerprint density at radius 3 is 2.60 bits per heavy atom. The van der Waals surface area contributed by atoms with Gasteiger partial charge in [0.1, 0.15) is 0 Å². The SMILES string of the molecule is C[C@@]1(O)CCCN(c2ccc(N)cc2)C1. The molecule has 2 rings (SSSR count). The zero-order valence-electron chi connectivity index (χ0n) is 9.11. The van der Waals surface area contributed by atoms with Gasteiger partial charge in [0.05, 0.1) is 5.60 Å². The first-order valence-corrected chi connectivity index (χ1v) is 5.40. The van der Waals surface area contributed by atoms with Gasteiger partial charge in [0.15, 0.2) is 0 Å². The Morgan fingerprint density at radius 2 is 2.00 bits per heavy atom. The van der Waals surface area contributed by atoms with Crippen molar-refractivity contribution >= 4 is 11.4 Å². The Bertz CT molecular complexity index is 332. The van der Waals surface area contributed by atoms with Crippen LogP contribution in [0.3, 0.4) is 0 Å². The second-order valence-electron chi connectivity index (χ2n) is 4.61. The normalized spacial score (nSPS) is 26.7. The first-order valence-electron chi connectivity index (χ1n) is 5.40. The maximum atomic E-state index is 9.99. The number of aliphatic hydroxyl groups is 1. The molecule has 3 N–H and O–H groups in total. The molecule has 1 atom stereocenters. The van der Waals surface area contributed by atoms with Crippen molar-refractivity contribution in [1.82, 2.24) is 0 Å². The summed E-state index contributed by atoms with van der Waals surface area (Å²) in [6, 6.07) is 7.82. The van der Waals surface area contributed by atoms with Crippen LogP contribution in [-0.2, 0) is 0 Å². The van der Waals surface area contributed by atoms with Crippen molar-refractivity contribution in [2.75, 3.05) is 23.7 Å². The number of piperidine rings is 1. The van der Waals surface area contributed by atoms with E-state index in [0.717, 1.165) is 30.8 Å². The third-order valence-corrected chi connectivity index (χ3v) is 2.93. The lowest BCUT2D eigenvalue weighted by atomic mass is 9.95. The van der Waals surface area contributed by atoms with Gasteiger partial charge in [-0.05, 0) is 44.0 Å². The molecule has 15 heavy (non-hydrogen) atoms. The molecule has 3 nitrogen and oxygen atoms in total. The van der Waals surface area contributed by atoms with Crippen LogP contribution in [0.2, 0.25) is 0 Å². The molecule has 1 heterocycles. The number of β-amino-alcohol motifs (C(OH)–C–C–N with tert-alkyl or cyclic N) is 1. The number of benzene rings is 1. The molecule has 0 spiro atoms. The number of hydrogen-bond acceptors (Lipinski definition) is 3. The van der Waals surface area contributed by atoms with E-state index in [-0.39, 0.29) is 0 Å². The summed E-state index contributed by atoms with van der Waals surface area (Å²) in [6.45, 7) is 3.62. The largest absolute Gasteiger partial charge is 0.399 e. The van der Waals surface area contributed by atoms with E-state index in [1.165, 1.54) is 0 Å². The fourth-order valence-electron chi connectivity index (χ4n) is 2.13. The third-order valence-electron chi connectivity index (χ3n) is 2.93. The molecule has 3 heteroatoms. The second-order valence-corrected chi connectivity index (χ2v) is 4.61. The van der Waals surface area contributed by atoms with Gasteiger partial charge in [-0.15, -0.1) is 0 Å². The number of anilines is 2. The zero-order valence-corrected chi connectivity index (χ0v) is 9.11. The summed E-state index contributed by atoms with van der Waals surface area (Å²) in [4.78, 5) is 2.21. The molecule has 0 radical (unpaired) electrons. The molecule has 1 fully saturated rings. The first-order chi connectivity index (χ1) is 7.07. The predicted octanol–water partition coefficient (Wildman–Crippen LogP) is 1.62. The molecule has 0 unspecified atom stereocenters. The fraction of sp³-hybridized carbons (Fsp3) is 0.500. The zero-order chi connectivity index (χ0) is 10.9.